The van der Waals surface area contributed by atoms with Crippen LogP contribution in [-0.4, -0.2) is 0 Å². The van der Waals surface area contributed by atoms with E-state index in [0.717, 1.165) is 53.3 Å². The number of hydrogen-bond acceptors (Lipinski definition) is 0. The smallest absolute Gasteiger partial charge is 0.0388 e. The molecule has 44 heavy (non-hydrogen) atoms. The van der Waals surface area contributed by atoms with Gasteiger partial charge in [-0.25, -0.2) is 0 Å². The van der Waals surface area contributed by atoms with Crippen LogP contribution in [0.15, 0.2) is 12.7 Å². The van der Waals surface area contributed by atoms with Gasteiger partial charge in [0.15, 0.2) is 0 Å². The van der Waals surface area contributed by atoms with Gasteiger partial charge in [-0.3, -0.25) is 0 Å². The Hall–Kier alpha value is -0.260. The zero-order chi connectivity index (χ0) is 33.8. The summed E-state index contributed by atoms with van der Waals surface area (Å²) in [6.07, 6.45) is 32.2. The summed E-state index contributed by atoms with van der Waals surface area (Å²) in [5.41, 5.74) is 0. The van der Waals surface area contributed by atoms with Crippen LogP contribution in [0.2, 0.25) is 0 Å². The quantitative estimate of drug-likeness (QED) is 0.119. The molecule has 0 N–H and O–H groups in total. The van der Waals surface area contributed by atoms with Gasteiger partial charge in [0, 0.05) is 0 Å². The largest absolute Gasteiger partial charge is 0.103 e. The Balaban J connectivity index is 0. The van der Waals surface area contributed by atoms with E-state index in [0.29, 0.717) is 0 Å². The van der Waals surface area contributed by atoms with Crippen LogP contribution < -0.4 is 0 Å². The van der Waals surface area contributed by atoms with E-state index < -0.39 is 0 Å². The van der Waals surface area contributed by atoms with Gasteiger partial charge in [0.25, 0.3) is 0 Å². The lowest BCUT2D eigenvalue weighted by molar-refractivity contribution is 0.207. The minimum atomic E-state index is 0.915. The predicted octanol–water partition coefficient (Wildman–Crippen LogP) is 16.1. The molecule has 0 bridgehead atoms. The molecule has 266 valence electrons. The van der Waals surface area contributed by atoms with E-state index in [-0.39, 0.29) is 0 Å². The van der Waals surface area contributed by atoms with Crippen LogP contribution in [0.5, 0.6) is 0 Å². The van der Waals surface area contributed by atoms with Gasteiger partial charge < -0.3 is 0 Å². The molecular formula is C44H90. The maximum absolute atomic E-state index is 3.36. The standard InChI is InChI=1S/C17H36.C16H32.C8H16.C3H6/c1-7-9-15(4)11-13-17(6)16(5)12-10-14(3)8-2;1-5-6-13(2)7-10-15(4)16-11-8-14(3)9-12-16;1-8-6-4-2-3-5-7-8;1-3-2/h14-17H,7-13H2,1-6H3;13-16H,5-12H2,1-4H3;8H,2-7H2,1H3;3H,1H2,2H3. The summed E-state index contributed by atoms with van der Waals surface area (Å²) in [6.45, 7) is 31.6. The van der Waals surface area contributed by atoms with Crippen LogP contribution in [0.1, 0.15) is 218 Å². The van der Waals surface area contributed by atoms with E-state index in [1.807, 2.05) is 6.92 Å². The highest BCUT2D eigenvalue weighted by atomic mass is 14.3. The van der Waals surface area contributed by atoms with Crippen molar-refractivity contribution < 1.29 is 0 Å². The fourth-order valence-electron chi connectivity index (χ4n) is 7.26. The highest BCUT2D eigenvalue weighted by Gasteiger charge is 2.23. The van der Waals surface area contributed by atoms with Crippen LogP contribution in [-0.2, 0) is 0 Å². The van der Waals surface area contributed by atoms with Crippen molar-refractivity contribution in [2.75, 3.05) is 0 Å². The molecule has 2 aliphatic carbocycles. The van der Waals surface area contributed by atoms with E-state index in [1.165, 1.54) is 135 Å². The molecule has 2 aliphatic rings. The first-order valence-corrected chi connectivity index (χ1v) is 20.5. The SMILES string of the molecule is C=CC.CC1CCCCCC1.CCCC(C)CCC(C)C(C)CCC(C)CC.CCCC(C)CCC(C)C1CCC(C)CC1. The van der Waals surface area contributed by atoms with Gasteiger partial charge in [0.2, 0.25) is 0 Å². The molecule has 0 aromatic heterocycles. The average molecular weight is 619 g/mol. The maximum atomic E-state index is 3.36. The molecule has 6 atom stereocenters. The van der Waals surface area contributed by atoms with Crippen LogP contribution in [0.25, 0.3) is 0 Å². The first-order chi connectivity index (χ1) is 20.9. The van der Waals surface area contributed by atoms with Gasteiger partial charge >= 0.3 is 0 Å². The topological polar surface area (TPSA) is 0 Å². The molecule has 2 fully saturated rings. The Morgan fingerprint density at radius 1 is 0.523 bits per heavy atom. The Morgan fingerprint density at radius 2 is 0.909 bits per heavy atom. The molecule has 0 heterocycles. The predicted molar refractivity (Wildman–Crippen MR) is 207 cm³/mol. The van der Waals surface area contributed by atoms with E-state index in [4.69, 9.17) is 0 Å². The van der Waals surface area contributed by atoms with Crippen LogP contribution in [0.3, 0.4) is 0 Å². The summed E-state index contributed by atoms with van der Waals surface area (Å²) in [5.74, 6) is 8.69. The summed E-state index contributed by atoms with van der Waals surface area (Å²) in [5, 5.41) is 0. The lowest BCUT2D eigenvalue weighted by Gasteiger charge is -2.31. The molecule has 0 aliphatic heterocycles. The highest BCUT2D eigenvalue weighted by molar-refractivity contribution is 4.75. The second-order valence-corrected chi connectivity index (χ2v) is 16.5. The molecule has 0 nitrogen and oxygen atoms in total. The molecular weight excluding hydrogens is 528 g/mol. The van der Waals surface area contributed by atoms with E-state index >= 15 is 0 Å². The van der Waals surface area contributed by atoms with Gasteiger partial charge in [-0.1, -0.05) is 204 Å². The Morgan fingerprint density at radius 3 is 1.32 bits per heavy atom. The van der Waals surface area contributed by atoms with E-state index in [2.05, 4.69) is 82.7 Å². The minimum Gasteiger partial charge on any atom is -0.103 e. The summed E-state index contributed by atoms with van der Waals surface area (Å²) in [6, 6.07) is 0. The summed E-state index contributed by atoms with van der Waals surface area (Å²) >= 11 is 0. The van der Waals surface area contributed by atoms with Crippen LogP contribution in [0.4, 0.5) is 0 Å². The highest BCUT2D eigenvalue weighted by Crippen LogP contribution is 2.35. The maximum Gasteiger partial charge on any atom is -0.0388 e. The number of rotatable bonds is 16. The fourth-order valence-corrected chi connectivity index (χ4v) is 7.26. The van der Waals surface area contributed by atoms with Crippen molar-refractivity contribution in [2.45, 2.75) is 218 Å². The summed E-state index contributed by atoms with van der Waals surface area (Å²) < 4.78 is 0. The summed E-state index contributed by atoms with van der Waals surface area (Å²) in [4.78, 5) is 0. The molecule has 0 saturated heterocycles. The van der Waals surface area contributed by atoms with E-state index in [1.54, 1.807) is 6.08 Å². The fraction of sp³-hybridized carbons (Fsp3) is 0.955. The lowest BCUT2D eigenvalue weighted by Crippen LogP contribution is -2.19. The minimum absolute atomic E-state index is 0.915. The second kappa shape index (κ2) is 31.3. The third-order valence-corrected chi connectivity index (χ3v) is 11.6. The molecule has 0 amide bonds. The zero-order valence-electron chi connectivity index (χ0n) is 33.3. The first-order valence-electron chi connectivity index (χ1n) is 20.5. The van der Waals surface area contributed by atoms with Crippen molar-refractivity contribution in [1.82, 2.24) is 0 Å². The second-order valence-electron chi connectivity index (χ2n) is 16.5. The Kier molecular flexibility index (Phi) is 32.7. The lowest BCUT2D eigenvalue weighted by atomic mass is 9.75. The molecule has 6 unspecified atom stereocenters. The first kappa shape index (κ1) is 45.9. The van der Waals surface area contributed by atoms with Gasteiger partial charge in [0.1, 0.15) is 0 Å². The average Bonchev–Trinajstić information content (AvgIpc) is 3.26. The molecule has 0 aromatic rings. The van der Waals surface area contributed by atoms with Crippen molar-refractivity contribution >= 4 is 0 Å². The third kappa shape index (κ3) is 28.0. The van der Waals surface area contributed by atoms with E-state index in [9.17, 15) is 0 Å². The molecule has 0 aromatic carbocycles. The van der Waals surface area contributed by atoms with Gasteiger partial charge in [-0.05, 0) is 73.0 Å². The van der Waals surface area contributed by atoms with Crippen LogP contribution >= 0.6 is 0 Å². The Bertz CT molecular complexity index is 561. The number of allylic oxidation sites excluding steroid dienone is 1. The van der Waals surface area contributed by atoms with Gasteiger partial charge in [-0.2, -0.15) is 0 Å². The van der Waals surface area contributed by atoms with Crippen molar-refractivity contribution in [3.8, 4) is 0 Å². The summed E-state index contributed by atoms with van der Waals surface area (Å²) in [7, 11) is 0. The van der Waals surface area contributed by atoms with Crippen LogP contribution in [0, 0.1) is 53.3 Å². The zero-order valence-corrected chi connectivity index (χ0v) is 33.3. The monoisotopic (exact) mass is 619 g/mol. The molecule has 0 spiro atoms. The van der Waals surface area contributed by atoms with Crippen molar-refractivity contribution in [3.63, 3.8) is 0 Å². The third-order valence-electron chi connectivity index (χ3n) is 11.6. The molecule has 0 radical (unpaired) electrons. The molecule has 0 heteroatoms. The number of hydrogen-bond donors (Lipinski definition) is 0. The van der Waals surface area contributed by atoms with Crippen molar-refractivity contribution in [3.05, 3.63) is 12.7 Å². The van der Waals surface area contributed by atoms with Crippen molar-refractivity contribution in [1.29, 1.82) is 0 Å². The Labute approximate surface area is 283 Å². The normalized spacial score (nSPS) is 23.0. The molecule has 2 saturated carbocycles. The van der Waals surface area contributed by atoms with Gasteiger partial charge in [0.05, 0.1) is 0 Å². The molecule has 2 rings (SSSR count). The van der Waals surface area contributed by atoms with Gasteiger partial charge in [-0.15, -0.1) is 6.58 Å². The van der Waals surface area contributed by atoms with Crippen molar-refractivity contribution in [2.24, 2.45) is 53.3 Å².